The van der Waals surface area contributed by atoms with Crippen LogP contribution in [-0.4, -0.2) is 27.1 Å². The van der Waals surface area contributed by atoms with Gasteiger partial charge in [0.05, 0.1) is 6.20 Å². The third-order valence-electron chi connectivity index (χ3n) is 1.48. The first-order chi connectivity index (χ1) is 5.59. The van der Waals surface area contributed by atoms with Crippen LogP contribution in [0.1, 0.15) is 5.56 Å². The molecule has 1 aromatic heterocycles. The molecule has 0 saturated heterocycles. The van der Waals surface area contributed by atoms with Crippen molar-refractivity contribution in [3.8, 4) is 0 Å². The third kappa shape index (κ3) is 2.23. The van der Waals surface area contributed by atoms with Gasteiger partial charge in [-0.15, -0.1) is 0 Å². The summed E-state index contributed by atoms with van der Waals surface area (Å²) >= 11 is 5.24. The summed E-state index contributed by atoms with van der Waals surface area (Å²) < 4.78 is 1.68. The minimum Gasteiger partial charge on any atom is -0.328 e. The van der Waals surface area contributed by atoms with Gasteiger partial charge in [0.2, 0.25) is 0 Å². The Bertz CT molecular complexity index is 284. The van der Waals surface area contributed by atoms with Crippen molar-refractivity contribution in [3.63, 3.8) is 0 Å². The second-order valence-corrected chi connectivity index (χ2v) is 2.95. The van der Waals surface area contributed by atoms with Crippen molar-refractivity contribution in [3.05, 3.63) is 18.0 Å². The molecule has 0 unspecified atom stereocenters. The summed E-state index contributed by atoms with van der Waals surface area (Å²) in [5.74, 6) is 0. The van der Waals surface area contributed by atoms with Crippen LogP contribution in [0, 0.1) is 0 Å². The number of halogens is 1. The zero-order valence-corrected chi connectivity index (χ0v) is 7.75. The summed E-state index contributed by atoms with van der Waals surface area (Å²) in [4.78, 5) is 12.0. The minimum atomic E-state index is -0.459. The molecule has 1 heterocycles. The Morgan fingerprint density at radius 3 is 2.92 bits per heavy atom. The van der Waals surface area contributed by atoms with Crippen LogP contribution in [0.15, 0.2) is 12.4 Å². The Balaban J connectivity index is 2.58. The Hall–Kier alpha value is -1.03. The molecule has 0 aliphatic heterocycles. The summed E-state index contributed by atoms with van der Waals surface area (Å²) in [7, 11) is 3.47. The molecular formula is C7H10ClN3O. The average Bonchev–Trinajstić information content (AvgIpc) is 2.35. The van der Waals surface area contributed by atoms with Crippen LogP contribution in [0.3, 0.4) is 0 Å². The maximum absolute atomic E-state index is 10.6. The van der Waals surface area contributed by atoms with Gasteiger partial charge in [0.25, 0.3) is 0 Å². The molecule has 1 amide bonds. The molecule has 1 rings (SSSR count). The van der Waals surface area contributed by atoms with Gasteiger partial charge >= 0.3 is 5.37 Å². The topological polar surface area (TPSA) is 38.1 Å². The Kier molecular flexibility index (Phi) is 2.70. The molecule has 0 aromatic carbocycles. The first kappa shape index (κ1) is 9.06. The van der Waals surface area contributed by atoms with Gasteiger partial charge in [0, 0.05) is 32.4 Å². The fourth-order valence-electron chi connectivity index (χ4n) is 0.890. The number of rotatable bonds is 2. The molecule has 0 aliphatic carbocycles. The molecule has 0 fully saturated rings. The lowest BCUT2D eigenvalue weighted by Gasteiger charge is -2.10. The highest BCUT2D eigenvalue weighted by molar-refractivity contribution is 6.62. The van der Waals surface area contributed by atoms with Gasteiger partial charge < -0.3 is 4.90 Å². The molecular weight excluding hydrogens is 178 g/mol. The average molecular weight is 188 g/mol. The number of hydrogen-bond acceptors (Lipinski definition) is 2. The summed E-state index contributed by atoms with van der Waals surface area (Å²) in [5, 5.41) is 3.51. The normalized spacial score (nSPS) is 9.92. The molecule has 0 saturated carbocycles. The highest BCUT2D eigenvalue weighted by Gasteiger charge is 2.05. The first-order valence-corrected chi connectivity index (χ1v) is 3.85. The van der Waals surface area contributed by atoms with Crippen LogP contribution >= 0.6 is 11.6 Å². The Morgan fingerprint density at radius 1 is 1.83 bits per heavy atom. The molecule has 0 radical (unpaired) electrons. The van der Waals surface area contributed by atoms with Gasteiger partial charge in [-0.05, 0) is 11.6 Å². The number of carbonyl (C=O) groups excluding carboxylic acids is 1. The van der Waals surface area contributed by atoms with Crippen molar-refractivity contribution in [1.29, 1.82) is 0 Å². The van der Waals surface area contributed by atoms with E-state index in [0.29, 0.717) is 6.54 Å². The van der Waals surface area contributed by atoms with Crippen molar-refractivity contribution in [2.45, 2.75) is 6.54 Å². The Labute approximate surface area is 75.7 Å². The second-order valence-electron chi connectivity index (χ2n) is 2.63. The lowest BCUT2D eigenvalue weighted by Crippen LogP contribution is -2.19. The summed E-state index contributed by atoms with van der Waals surface area (Å²) in [5.41, 5.74) is 0.967. The zero-order valence-electron chi connectivity index (χ0n) is 6.99. The fraction of sp³-hybridized carbons (Fsp3) is 0.429. The summed E-state index contributed by atoms with van der Waals surface area (Å²) in [6.07, 6.45) is 3.55. The SMILES string of the molecule is CN(Cc1cnn(C)c1)C(=O)Cl. The molecule has 5 heteroatoms. The summed E-state index contributed by atoms with van der Waals surface area (Å²) in [6, 6.07) is 0. The van der Waals surface area contributed by atoms with E-state index >= 15 is 0 Å². The van der Waals surface area contributed by atoms with Crippen LogP contribution in [-0.2, 0) is 13.6 Å². The smallest absolute Gasteiger partial charge is 0.316 e. The maximum atomic E-state index is 10.6. The monoisotopic (exact) mass is 187 g/mol. The largest absolute Gasteiger partial charge is 0.328 e. The second kappa shape index (κ2) is 3.58. The van der Waals surface area contributed by atoms with Crippen molar-refractivity contribution in [2.24, 2.45) is 7.05 Å². The predicted molar refractivity (Wildman–Crippen MR) is 45.9 cm³/mol. The van der Waals surface area contributed by atoms with Gasteiger partial charge in [-0.25, -0.2) is 0 Å². The Morgan fingerprint density at radius 2 is 2.50 bits per heavy atom. The van der Waals surface area contributed by atoms with E-state index in [4.69, 9.17) is 11.6 Å². The van der Waals surface area contributed by atoms with Crippen LogP contribution < -0.4 is 0 Å². The van der Waals surface area contributed by atoms with E-state index in [9.17, 15) is 4.79 Å². The molecule has 12 heavy (non-hydrogen) atoms. The van der Waals surface area contributed by atoms with Crippen LogP contribution in [0.4, 0.5) is 4.79 Å². The number of aromatic nitrogens is 2. The van der Waals surface area contributed by atoms with Crippen LogP contribution in [0.5, 0.6) is 0 Å². The number of aryl methyl sites for hydroxylation is 1. The zero-order chi connectivity index (χ0) is 9.14. The van der Waals surface area contributed by atoms with E-state index in [0.717, 1.165) is 5.56 Å². The van der Waals surface area contributed by atoms with Crippen molar-refractivity contribution in [2.75, 3.05) is 7.05 Å². The van der Waals surface area contributed by atoms with Gasteiger partial charge in [-0.3, -0.25) is 9.48 Å². The van der Waals surface area contributed by atoms with Crippen molar-refractivity contribution >= 4 is 17.0 Å². The van der Waals surface area contributed by atoms with Gasteiger partial charge in [0.1, 0.15) is 0 Å². The standard InChI is InChI=1S/C7H10ClN3O/c1-10(7(8)12)4-6-3-9-11(2)5-6/h3,5H,4H2,1-2H3. The molecule has 0 atom stereocenters. The molecule has 1 aromatic rings. The highest BCUT2D eigenvalue weighted by atomic mass is 35.5. The number of nitrogens with zero attached hydrogens (tertiary/aromatic N) is 3. The fourth-order valence-corrected chi connectivity index (χ4v) is 0.949. The van der Waals surface area contributed by atoms with E-state index in [1.54, 1.807) is 17.9 Å². The molecule has 66 valence electrons. The maximum Gasteiger partial charge on any atom is 0.316 e. The van der Waals surface area contributed by atoms with E-state index in [1.807, 2.05) is 13.2 Å². The minimum absolute atomic E-state index is 0.459. The molecule has 0 aliphatic rings. The van der Waals surface area contributed by atoms with Gasteiger partial charge in [-0.1, -0.05) is 0 Å². The summed E-state index contributed by atoms with van der Waals surface area (Å²) in [6.45, 7) is 0.496. The van der Waals surface area contributed by atoms with Crippen molar-refractivity contribution in [1.82, 2.24) is 14.7 Å². The third-order valence-corrected chi connectivity index (χ3v) is 1.77. The van der Waals surface area contributed by atoms with E-state index in [1.165, 1.54) is 4.90 Å². The van der Waals surface area contributed by atoms with E-state index in [-0.39, 0.29) is 0 Å². The quantitative estimate of drug-likeness (QED) is 0.516. The van der Waals surface area contributed by atoms with Crippen molar-refractivity contribution < 1.29 is 4.79 Å². The number of amides is 1. The van der Waals surface area contributed by atoms with E-state index < -0.39 is 5.37 Å². The number of carbonyl (C=O) groups is 1. The van der Waals surface area contributed by atoms with E-state index in [2.05, 4.69) is 5.10 Å². The molecule has 4 nitrogen and oxygen atoms in total. The molecule has 0 spiro atoms. The van der Waals surface area contributed by atoms with Crippen LogP contribution in [0.25, 0.3) is 0 Å². The first-order valence-electron chi connectivity index (χ1n) is 3.47. The lowest BCUT2D eigenvalue weighted by atomic mass is 10.3. The van der Waals surface area contributed by atoms with Gasteiger partial charge in [0.15, 0.2) is 0 Å². The van der Waals surface area contributed by atoms with Gasteiger partial charge in [-0.2, -0.15) is 5.10 Å². The highest BCUT2D eigenvalue weighted by Crippen LogP contribution is 2.02. The lowest BCUT2D eigenvalue weighted by molar-refractivity contribution is 0.230. The van der Waals surface area contributed by atoms with Crippen LogP contribution in [0.2, 0.25) is 0 Å². The molecule has 0 bridgehead atoms. The predicted octanol–water partition coefficient (Wildman–Crippen LogP) is 1.21. The number of hydrogen-bond donors (Lipinski definition) is 0. The molecule has 0 N–H and O–H groups in total.